The van der Waals surface area contributed by atoms with Crippen molar-refractivity contribution in [1.29, 1.82) is 0 Å². The molecule has 1 unspecified atom stereocenters. The fourth-order valence-corrected chi connectivity index (χ4v) is 1.77. The molecular weight excluding hydrogens is 236 g/mol. The predicted octanol–water partition coefficient (Wildman–Crippen LogP) is 4.99. The molecule has 1 atom stereocenters. The van der Waals surface area contributed by atoms with E-state index < -0.39 is 0 Å². The van der Waals surface area contributed by atoms with E-state index in [-0.39, 0.29) is 0 Å². The van der Waals surface area contributed by atoms with E-state index >= 15 is 0 Å². The molecule has 0 aliphatic carbocycles. The zero-order valence-electron chi connectivity index (χ0n) is 9.47. The summed E-state index contributed by atoms with van der Waals surface area (Å²) < 4.78 is 1.16. The molecule has 1 rings (SSSR count). The second-order valence-electron chi connectivity index (χ2n) is 4.62. The minimum absolute atomic E-state index is 0.383. The molecule has 0 fully saturated rings. The first-order chi connectivity index (χ1) is 6.47. The van der Waals surface area contributed by atoms with Crippen LogP contribution in [-0.4, -0.2) is 0 Å². The van der Waals surface area contributed by atoms with Crippen molar-refractivity contribution in [3.63, 3.8) is 0 Å². The first kappa shape index (κ1) is 11.8. The lowest BCUT2D eigenvalue weighted by Gasteiger charge is -2.31. The highest BCUT2D eigenvalue weighted by Crippen LogP contribution is 2.37. The van der Waals surface area contributed by atoms with E-state index in [9.17, 15) is 0 Å². The Labute approximate surface area is 95.9 Å². The lowest BCUT2D eigenvalue weighted by Crippen LogP contribution is -2.18. The van der Waals surface area contributed by atoms with Gasteiger partial charge in [-0.05, 0) is 29.0 Å². The smallest absolute Gasteiger partial charge is 0.0175 e. The Bertz CT molecular complexity index is 285. The van der Waals surface area contributed by atoms with Gasteiger partial charge in [-0.25, -0.2) is 0 Å². The molecule has 0 nitrogen and oxygen atoms in total. The Morgan fingerprint density at radius 1 is 1.21 bits per heavy atom. The Balaban J connectivity index is 2.89. The standard InChI is InChI=1S/C13H19Br/c1-5-13(3,4)10(2)11-6-8-12(14)9-7-11/h6-10H,5H2,1-4H3. The van der Waals surface area contributed by atoms with E-state index in [2.05, 4.69) is 67.9 Å². The van der Waals surface area contributed by atoms with Gasteiger partial charge in [0, 0.05) is 4.47 Å². The van der Waals surface area contributed by atoms with E-state index in [1.165, 1.54) is 12.0 Å². The number of halogens is 1. The lowest BCUT2D eigenvalue weighted by molar-refractivity contribution is 0.289. The summed E-state index contributed by atoms with van der Waals surface area (Å²) in [4.78, 5) is 0. The van der Waals surface area contributed by atoms with Gasteiger partial charge in [0.25, 0.3) is 0 Å². The van der Waals surface area contributed by atoms with Crippen molar-refractivity contribution in [2.75, 3.05) is 0 Å². The van der Waals surface area contributed by atoms with E-state index in [4.69, 9.17) is 0 Å². The predicted molar refractivity (Wildman–Crippen MR) is 66.6 cm³/mol. The first-order valence-corrected chi connectivity index (χ1v) is 6.02. The molecule has 1 heteroatoms. The van der Waals surface area contributed by atoms with Crippen molar-refractivity contribution >= 4 is 15.9 Å². The maximum atomic E-state index is 3.46. The van der Waals surface area contributed by atoms with Gasteiger partial charge in [-0.2, -0.15) is 0 Å². The van der Waals surface area contributed by atoms with E-state index in [1.54, 1.807) is 0 Å². The molecule has 0 saturated heterocycles. The van der Waals surface area contributed by atoms with Gasteiger partial charge in [-0.1, -0.05) is 62.2 Å². The number of hydrogen-bond acceptors (Lipinski definition) is 0. The zero-order valence-corrected chi connectivity index (χ0v) is 11.1. The third kappa shape index (κ3) is 2.60. The first-order valence-electron chi connectivity index (χ1n) is 5.23. The highest BCUT2D eigenvalue weighted by atomic mass is 79.9. The summed E-state index contributed by atoms with van der Waals surface area (Å²) in [7, 11) is 0. The van der Waals surface area contributed by atoms with Crippen LogP contribution in [-0.2, 0) is 0 Å². The summed E-state index contributed by atoms with van der Waals surface area (Å²) in [6.45, 7) is 9.24. The zero-order chi connectivity index (χ0) is 10.8. The van der Waals surface area contributed by atoms with Crippen LogP contribution in [0.1, 0.15) is 45.6 Å². The van der Waals surface area contributed by atoms with Crippen LogP contribution >= 0.6 is 15.9 Å². The number of hydrogen-bond donors (Lipinski definition) is 0. The van der Waals surface area contributed by atoms with Gasteiger partial charge in [0.15, 0.2) is 0 Å². The van der Waals surface area contributed by atoms with Crippen LogP contribution in [0.3, 0.4) is 0 Å². The Hall–Kier alpha value is -0.300. The quantitative estimate of drug-likeness (QED) is 0.713. The van der Waals surface area contributed by atoms with Crippen molar-refractivity contribution in [2.24, 2.45) is 5.41 Å². The fourth-order valence-electron chi connectivity index (χ4n) is 1.51. The average molecular weight is 255 g/mol. The van der Waals surface area contributed by atoms with Gasteiger partial charge in [0.05, 0.1) is 0 Å². The van der Waals surface area contributed by atoms with Gasteiger partial charge in [0.1, 0.15) is 0 Å². The molecule has 0 radical (unpaired) electrons. The molecule has 0 amide bonds. The van der Waals surface area contributed by atoms with Crippen molar-refractivity contribution in [3.05, 3.63) is 34.3 Å². The van der Waals surface area contributed by atoms with Gasteiger partial charge in [-0.15, -0.1) is 0 Å². The van der Waals surface area contributed by atoms with Crippen molar-refractivity contribution in [1.82, 2.24) is 0 Å². The molecule has 0 spiro atoms. The third-order valence-corrected chi connectivity index (χ3v) is 3.98. The molecule has 0 aliphatic heterocycles. The topological polar surface area (TPSA) is 0 Å². The van der Waals surface area contributed by atoms with E-state index in [1.807, 2.05) is 0 Å². The second-order valence-corrected chi connectivity index (χ2v) is 5.53. The Kier molecular flexibility index (Phi) is 3.77. The SMILES string of the molecule is CCC(C)(C)C(C)c1ccc(Br)cc1. The summed E-state index contributed by atoms with van der Waals surface area (Å²) in [5.41, 5.74) is 1.81. The highest BCUT2D eigenvalue weighted by Gasteiger charge is 2.24. The van der Waals surface area contributed by atoms with Gasteiger partial charge < -0.3 is 0 Å². The number of benzene rings is 1. The summed E-state index contributed by atoms with van der Waals surface area (Å²) >= 11 is 3.46. The maximum Gasteiger partial charge on any atom is 0.0175 e. The summed E-state index contributed by atoms with van der Waals surface area (Å²) in [5, 5.41) is 0. The molecule has 0 bridgehead atoms. The van der Waals surface area contributed by atoms with Crippen LogP contribution in [0.25, 0.3) is 0 Å². The molecule has 0 aromatic heterocycles. The van der Waals surface area contributed by atoms with Crippen LogP contribution in [0.15, 0.2) is 28.7 Å². The van der Waals surface area contributed by atoms with Crippen LogP contribution in [0.2, 0.25) is 0 Å². The summed E-state index contributed by atoms with van der Waals surface area (Å²) in [6, 6.07) is 8.67. The minimum Gasteiger partial charge on any atom is -0.0649 e. The molecule has 0 aliphatic rings. The maximum absolute atomic E-state index is 3.46. The normalized spacial score (nSPS) is 14.1. The van der Waals surface area contributed by atoms with Crippen molar-refractivity contribution in [2.45, 2.75) is 40.0 Å². The van der Waals surface area contributed by atoms with Crippen LogP contribution in [0.4, 0.5) is 0 Å². The van der Waals surface area contributed by atoms with E-state index in [0.29, 0.717) is 11.3 Å². The third-order valence-electron chi connectivity index (χ3n) is 3.45. The molecular formula is C13H19Br. The minimum atomic E-state index is 0.383. The molecule has 0 N–H and O–H groups in total. The van der Waals surface area contributed by atoms with Gasteiger partial charge in [-0.3, -0.25) is 0 Å². The molecule has 78 valence electrons. The van der Waals surface area contributed by atoms with Crippen LogP contribution < -0.4 is 0 Å². The second kappa shape index (κ2) is 4.48. The van der Waals surface area contributed by atoms with Crippen molar-refractivity contribution in [3.8, 4) is 0 Å². The molecule has 0 heterocycles. The Morgan fingerprint density at radius 3 is 2.14 bits per heavy atom. The molecule has 1 aromatic carbocycles. The Morgan fingerprint density at radius 2 is 1.71 bits per heavy atom. The highest BCUT2D eigenvalue weighted by molar-refractivity contribution is 9.10. The average Bonchev–Trinajstić information content (AvgIpc) is 2.18. The largest absolute Gasteiger partial charge is 0.0649 e. The molecule has 14 heavy (non-hydrogen) atoms. The summed E-state index contributed by atoms with van der Waals surface area (Å²) in [5.74, 6) is 0.612. The van der Waals surface area contributed by atoms with Gasteiger partial charge >= 0.3 is 0 Å². The number of rotatable bonds is 3. The van der Waals surface area contributed by atoms with Crippen molar-refractivity contribution < 1.29 is 0 Å². The van der Waals surface area contributed by atoms with Crippen LogP contribution in [0, 0.1) is 5.41 Å². The van der Waals surface area contributed by atoms with Gasteiger partial charge in [0.2, 0.25) is 0 Å². The fraction of sp³-hybridized carbons (Fsp3) is 0.538. The summed E-state index contributed by atoms with van der Waals surface area (Å²) in [6.07, 6.45) is 1.21. The molecule has 1 aromatic rings. The van der Waals surface area contributed by atoms with Crippen LogP contribution in [0.5, 0.6) is 0 Å². The monoisotopic (exact) mass is 254 g/mol. The van der Waals surface area contributed by atoms with E-state index in [0.717, 1.165) is 4.47 Å². The lowest BCUT2D eigenvalue weighted by atomic mass is 9.74. The molecule has 0 saturated carbocycles.